The number of aryl methyl sites for hydroxylation is 1. The lowest BCUT2D eigenvalue weighted by Gasteiger charge is -2.13. The molecule has 0 saturated carbocycles. The van der Waals surface area contributed by atoms with Gasteiger partial charge in [0.05, 0.1) is 0 Å². The van der Waals surface area contributed by atoms with Crippen molar-refractivity contribution in [3.8, 4) is 0 Å². The third-order valence-corrected chi connectivity index (χ3v) is 5.66. The van der Waals surface area contributed by atoms with Crippen LogP contribution in [0.3, 0.4) is 0 Å². The molecule has 0 radical (unpaired) electrons. The number of hydrogen-bond acceptors (Lipinski definition) is 2. The molecule has 1 atom stereocenters. The first-order chi connectivity index (χ1) is 13.1. The summed E-state index contributed by atoms with van der Waals surface area (Å²) in [4.78, 5) is 13.6. The van der Waals surface area contributed by atoms with Gasteiger partial charge in [0.15, 0.2) is 0 Å². The van der Waals surface area contributed by atoms with Crippen molar-refractivity contribution in [3.05, 3.63) is 101 Å². The molecule has 3 heteroatoms. The van der Waals surface area contributed by atoms with Gasteiger partial charge in [0.2, 0.25) is 0 Å². The number of nitrogens with one attached hydrogen (secondary N) is 1. The first kappa shape index (κ1) is 19.2. The highest BCUT2D eigenvalue weighted by atomic mass is 32.2. The molecule has 1 unspecified atom stereocenters. The maximum Gasteiger partial charge on any atom is 0.251 e. The van der Waals surface area contributed by atoms with Crippen LogP contribution in [0.2, 0.25) is 0 Å². The maximum atomic E-state index is 12.4. The summed E-state index contributed by atoms with van der Waals surface area (Å²) >= 11 is 1.81. The smallest absolute Gasteiger partial charge is 0.251 e. The lowest BCUT2D eigenvalue weighted by molar-refractivity contribution is 0.0951. The number of carbonyl (C=O) groups excluding carboxylic acids is 1. The van der Waals surface area contributed by atoms with E-state index in [9.17, 15) is 4.79 Å². The highest BCUT2D eigenvalue weighted by molar-refractivity contribution is 7.98. The van der Waals surface area contributed by atoms with Crippen molar-refractivity contribution in [2.75, 3.05) is 6.54 Å². The molecule has 0 aromatic heterocycles. The maximum absolute atomic E-state index is 12.4. The third kappa shape index (κ3) is 5.73. The van der Waals surface area contributed by atoms with Gasteiger partial charge in [0.25, 0.3) is 5.91 Å². The minimum atomic E-state index is -0.0180. The van der Waals surface area contributed by atoms with Crippen molar-refractivity contribution < 1.29 is 4.79 Å². The Balaban J connectivity index is 1.50. The Morgan fingerprint density at radius 1 is 0.926 bits per heavy atom. The molecule has 27 heavy (non-hydrogen) atoms. The Kier molecular flexibility index (Phi) is 6.72. The molecule has 0 heterocycles. The van der Waals surface area contributed by atoms with Crippen LogP contribution >= 0.6 is 11.8 Å². The van der Waals surface area contributed by atoms with Crippen LogP contribution in [0.5, 0.6) is 0 Å². The van der Waals surface area contributed by atoms with Crippen molar-refractivity contribution >= 4 is 17.7 Å². The summed E-state index contributed by atoms with van der Waals surface area (Å²) in [5.41, 5.74) is 4.44. The molecule has 3 aromatic rings. The average molecular weight is 376 g/mol. The standard InChI is InChI=1S/C24H25NOS/c1-18-8-14-23(15-9-18)27-17-20-10-12-22(13-11-20)24(26)25-16-19(2)21-6-4-3-5-7-21/h3-15,19H,16-17H2,1-2H3,(H,25,26). The van der Waals surface area contributed by atoms with Crippen LogP contribution in [-0.4, -0.2) is 12.5 Å². The van der Waals surface area contributed by atoms with Crippen LogP contribution < -0.4 is 5.32 Å². The summed E-state index contributed by atoms with van der Waals surface area (Å²) in [6.07, 6.45) is 0. The zero-order valence-corrected chi connectivity index (χ0v) is 16.6. The van der Waals surface area contributed by atoms with Gasteiger partial charge in [-0.1, -0.05) is 67.1 Å². The first-order valence-electron chi connectivity index (χ1n) is 9.23. The van der Waals surface area contributed by atoms with Gasteiger partial charge in [-0.2, -0.15) is 0 Å². The van der Waals surface area contributed by atoms with Gasteiger partial charge in [-0.25, -0.2) is 0 Å². The molecule has 3 rings (SSSR count). The lowest BCUT2D eigenvalue weighted by atomic mass is 10.0. The molecule has 138 valence electrons. The predicted octanol–water partition coefficient (Wildman–Crippen LogP) is 5.82. The second kappa shape index (κ2) is 9.43. The fourth-order valence-electron chi connectivity index (χ4n) is 2.80. The summed E-state index contributed by atoms with van der Waals surface area (Å²) in [5.74, 6) is 1.17. The second-order valence-corrected chi connectivity index (χ2v) is 7.87. The number of carbonyl (C=O) groups is 1. The largest absolute Gasteiger partial charge is 0.351 e. The lowest BCUT2D eigenvalue weighted by Crippen LogP contribution is -2.27. The van der Waals surface area contributed by atoms with Crippen molar-refractivity contribution in [1.82, 2.24) is 5.32 Å². The minimum absolute atomic E-state index is 0.0180. The molecule has 0 fully saturated rings. The SMILES string of the molecule is Cc1ccc(SCc2ccc(C(=O)NCC(C)c3ccccc3)cc2)cc1. The fourth-order valence-corrected chi connectivity index (χ4v) is 3.66. The van der Waals surface area contributed by atoms with Crippen LogP contribution in [0, 0.1) is 6.92 Å². The van der Waals surface area contributed by atoms with Crippen LogP contribution in [0.15, 0.2) is 83.8 Å². The zero-order valence-electron chi connectivity index (χ0n) is 15.8. The van der Waals surface area contributed by atoms with Crippen molar-refractivity contribution in [3.63, 3.8) is 0 Å². The van der Waals surface area contributed by atoms with Gasteiger partial charge in [-0.05, 0) is 48.2 Å². The van der Waals surface area contributed by atoms with Crippen LogP contribution in [0.1, 0.15) is 39.9 Å². The minimum Gasteiger partial charge on any atom is -0.351 e. The van der Waals surface area contributed by atoms with E-state index in [0.29, 0.717) is 18.0 Å². The Morgan fingerprint density at radius 2 is 1.59 bits per heavy atom. The molecule has 1 N–H and O–H groups in total. The number of hydrogen-bond donors (Lipinski definition) is 1. The van der Waals surface area contributed by atoms with E-state index in [0.717, 1.165) is 5.75 Å². The molecule has 0 saturated heterocycles. The second-order valence-electron chi connectivity index (χ2n) is 6.82. The molecule has 0 aliphatic heterocycles. The summed E-state index contributed by atoms with van der Waals surface area (Å²) in [6.45, 7) is 4.85. The van der Waals surface area contributed by atoms with Crippen molar-refractivity contribution in [1.29, 1.82) is 0 Å². The van der Waals surface area contributed by atoms with Crippen molar-refractivity contribution in [2.24, 2.45) is 0 Å². The first-order valence-corrected chi connectivity index (χ1v) is 10.2. The Labute approximate surface area is 166 Å². The molecule has 3 aromatic carbocycles. The number of thioether (sulfide) groups is 1. The number of benzene rings is 3. The molecule has 0 bridgehead atoms. The third-order valence-electron chi connectivity index (χ3n) is 4.58. The van der Waals surface area contributed by atoms with Gasteiger partial charge in [-0.3, -0.25) is 4.79 Å². The normalized spacial score (nSPS) is 11.8. The molecule has 1 amide bonds. The fraction of sp³-hybridized carbons (Fsp3) is 0.208. The quantitative estimate of drug-likeness (QED) is 0.527. The Bertz CT molecular complexity index is 857. The van der Waals surface area contributed by atoms with Gasteiger partial charge < -0.3 is 5.32 Å². The monoisotopic (exact) mass is 375 g/mol. The van der Waals surface area contributed by atoms with Gasteiger partial charge in [-0.15, -0.1) is 11.8 Å². The molecule has 0 spiro atoms. The predicted molar refractivity (Wildman–Crippen MR) is 114 cm³/mol. The van der Waals surface area contributed by atoms with Crippen molar-refractivity contribution in [2.45, 2.75) is 30.4 Å². The van der Waals surface area contributed by atoms with Gasteiger partial charge in [0.1, 0.15) is 0 Å². The average Bonchev–Trinajstić information content (AvgIpc) is 2.72. The molecular formula is C24H25NOS. The van der Waals surface area contributed by atoms with Gasteiger partial charge in [0, 0.05) is 22.8 Å². The molecule has 0 aliphatic carbocycles. The summed E-state index contributed by atoms with van der Waals surface area (Å²) in [5, 5.41) is 3.04. The van der Waals surface area contributed by atoms with Crippen LogP contribution in [0.4, 0.5) is 0 Å². The summed E-state index contributed by atoms with van der Waals surface area (Å²) in [7, 11) is 0. The summed E-state index contributed by atoms with van der Waals surface area (Å²) in [6, 6.07) is 26.7. The van der Waals surface area contributed by atoms with E-state index in [2.05, 4.69) is 55.6 Å². The molecule has 0 aliphatic rings. The van der Waals surface area contributed by atoms with E-state index in [4.69, 9.17) is 0 Å². The highest BCUT2D eigenvalue weighted by Gasteiger charge is 2.09. The Morgan fingerprint density at radius 3 is 2.26 bits per heavy atom. The van der Waals surface area contributed by atoms with E-state index in [1.54, 1.807) is 0 Å². The topological polar surface area (TPSA) is 29.1 Å². The molecular weight excluding hydrogens is 350 g/mol. The van der Waals surface area contributed by atoms with E-state index < -0.39 is 0 Å². The molecule has 2 nitrogen and oxygen atoms in total. The van der Waals surface area contributed by atoms with Crippen LogP contribution in [-0.2, 0) is 5.75 Å². The number of rotatable bonds is 7. The van der Waals surface area contributed by atoms with Crippen LogP contribution in [0.25, 0.3) is 0 Å². The highest BCUT2D eigenvalue weighted by Crippen LogP contribution is 2.23. The van der Waals surface area contributed by atoms with E-state index in [1.807, 2.05) is 54.2 Å². The zero-order chi connectivity index (χ0) is 19.1. The summed E-state index contributed by atoms with van der Waals surface area (Å²) < 4.78 is 0. The number of amides is 1. The van der Waals surface area contributed by atoms with E-state index >= 15 is 0 Å². The Hall–Kier alpha value is -2.52. The van der Waals surface area contributed by atoms with Gasteiger partial charge >= 0.3 is 0 Å². The van der Waals surface area contributed by atoms with E-state index in [1.165, 1.54) is 21.6 Å². The van der Waals surface area contributed by atoms with E-state index in [-0.39, 0.29) is 5.91 Å².